The van der Waals surface area contributed by atoms with Crippen molar-refractivity contribution in [3.8, 4) is 0 Å². The second-order valence-corrected chi connectivity index (χ2v) is 11.1. The molecule has 0 saturated carbocycles. The summed E-state index contributed by atoms with van der Waals surface area (Å²) in [4.78, 5) is 67.1. The minimum absolute atomic E-state index is 0.0423. The van der Waals surface area contributed by atoms with Crippen LogP contribution in [0.3, 0.4) is 0 Å². The van der Waals surface area contributed by atoms with Crippen molar-refractivity contribution >= 4 is 35.1 Å². The molecule has 1 fully saturated rings. The summed E-state index contributed by atoms with van der Waals surface area (Å²) in [6.45, 7) is 8.07. The number of hydrogen-bond acceptors (Lipinski definition) is 7. The molecule has 0 spiro atoms. The molecule has 1 aliphatic heterocycles. The van der Waals surface area contributed by atoms with Gasteiger partial charge in [-0.2, -0.15) is 0 Å². The molecule has 12 nitrogen and oxygen atoms in total. The molecule has 4 N–H and O–H groups in total. The second-order valence-electron chi connectivity index (χ2n) is 11.1. The monoisotopic (exact) mass is 594 g/mol. The maximum Gasteiger partial charge on any atom is 0.327 e. The highest BCUT2D eigenvalue weighted by atomic mass is 16.4. The molecule has 0 bridgehead atoms. The van der Waals surface area contributed by atoms with Crippen LogP contribution < -0.4 is 26.4 Å². The lowest BCUT2D eigenvalue weighted by atomic mass is 10.1. The summed E-state index contributed by atoms with van der Waals surface area (Å²) in [5.41, 5.74) is 0.763. The third kappa shape index (κ3) is 10.7. The van der Waals surface area contributed by atoms with E-state index in [-0.39, 0.29) is 31.0 Å². The quantitative estimate of drug-likeness (QED) is 0.242. The van der Waals surface area contributed by atoms with E-state index in [1.807, 2.05) is 26.0 Å². The first kappa shape index (κ1) is 33.1. The molecule has 2 heterocycles. The SMILES string of the molecule is CC(C)CCNC(=O)Cn1cccc(NC(=O)C(CC/C=C/C(=O)O)NC(=O)c2ccc(N3CCN(C)CC3)cc2)c1=O. The van der Waals surface area contributed by atoms with Crippen molar-refractivity contribution in [2.45, 2.75) is 45.7 Å². The molecular formula is C31H42N6O6. The molecular weight excluding hydrogens is 552 g/mol. The minimum atomic E-state index is -1.12. The fraction of sp³-hybridized carbons (Fsp3) is 0.452. The Kier molecular flexibility index (Phi) is 12.5. The smallest absolute Gasteiger partial charge is 0.327 e. The van der Waals surface area contributed by atoms with Crippen molar-refractivity contribution in [2.24, 2.45) is 5.92 Å². The predicted octanol–water partition coefficient (Wildman–Crippen LogP) is 1.92. The van der Waals surface area contributed by atoms with Crippen molar-refractivity contribution < 1.29 is 24.3 Å². The summed E-state index contributed by atoms with van der Waals surface area (Å²) in [5, 5.41) is 17.0. The Labute approximate surface area is 251 Å². The molecule has 1 aromatic heterocycles. The lowest BCUT2D eigenvalue weighted by Crippen LogP contribution is -2.45. The summed E-state index contributed by atoms with van der Waals surface area (Å²) in [6, 6.07) is 9.05. The fourth-order valence-electron chi connectivity index (χ4n) is 4.53. The average Bonchev–Trinajstić information content (AvgIpc) is 2.96. The van der Waals surface area contributed by atoms with Crippen LogP contribution in [0.5, 0.6) is 0 Å². The largest absolute Gasteiger partial charge is 0.478 e. The molecule has 12 heteroatoms. The number of piperazine rings is 1. The highest BCUT2D eigenvalue weighted by Gasteiger charge is 2.23. The van der Waals surface area contributed by atoms with Gasteiger partial charge in [0.2, 0.25) is 11.8 Å². The van der Waals surface area contributed by atoms with Crippen LogP contribution in [0.25, 0.3) is 0 Å². The van der Waals surface area contributed by atoms with E-state index in [4.69, 9.17) is 5.11 Å². The Balaban J connectivity index is 1.69. The molecule has 0 radical (unpaired) electrons. The summed E-state index contributed by atoms with van der Waals surface area (Å²) in [6.07, 6.45) is 4.93. The zero-order valence-electron chi connectivity index (χ0n) is 25.0. The first-order valence-corrected chi connectivity index (χ1v) is 14.5. The van der Waals surface area contributed by atoms with Gasteiger partial charge in [-0.1, -0.05) is 19.9 Å². The Hall–Kier alpha value is -4.45. The van der Waals surface area contributed by atoms with Crippen LogP contribution in [0, 0.1) is 5.92 Å². The number of benzene rings is 1. The summed E-state index contributed by atoms with van der Waals surface area (Å²) < 4.78 is 1.20. The van der Waals surface area contributed by atoms with Crippen molar-refractivity contribution in [1.82, 2.24) is 20.1 Å². The van der Waals surface area contributed by atoms with E-state index < -0.39 is 29.4 Å². The van der Waals surface area contributed by atoms with E-state index >= 15 is 0 Å². The molecule has 1 aliphatic rings. The number of allylic oxidation sites excluding steroid dienone is 1. The minimum Gasteiger partial charge on any atom is -0.478 e. The van der Waals surface area contributed by atoms with Gasteiger partial charge in [0.25, 0.3) is 11.5 Å². The normalized spacial score (nSPS) is 14.5. The Bertz CT molecular complexity index is 1350. The summed E-state index contributed by atoms with van der Waals surface area (Å²) >= 11 is 0. The van der Waals surface area contributed by atoms with Crippen LogP contribution in [0.15, 0.2) is 59.5 Å². The van der Waals surface area contributed by atoms with Gasteiger partial charge in [-0.05, 0) is 68.6 Å². The Morgan fingerprint density at radius 1 is 1.00 bits per heavy atom. The third-order valence-electron chi connectivity index (χ3n) is 7.14. The third-order valence-corrected chi connectivity index (χ3v) is 7.14. The highest BCUT2D eigenvalue weighted by Crippen LogP contribution is 2.17. The van der Waals surface area contributed by atoms with E-state index in [2.05, 4.69) is 32.8 Å². The van der Waals surface area contributed by atoms with Crippen LogP contribution in [0.4, 0.5) is 11.4 Å². The topological polar surface area (TPSA) is 153 Å². The number of aromatic nitrogens is 1. The van der Waals surface area contributed by atoms with Gasteiger partial charge in [0.15, 0.2) is 0 Å². The number of carboxylic acid groups (broad SMARTS) is 1. The van der Waals surface area contributed by atoms with E-state index in [9.17, 15) is 24.0 Å². The number of rotatable bonds is 14. The van der Waals surface area contributed by atoms with Crippen LogP contribution in [-0.4, -0.2) is 84.1 Å². The van der Waals surface area contributed by atoms with Crippen molar-refractivity contribution in [1.29, 1.82) is 0 Å². The number of nitrogens with zero attached hydrogens (tertiary/aromatic N) is 3. The van der Waals surface area contributed by atoms with E-state index in [1.54, 1.807) is 18.2 Å². The number of anilines is 2. The molecule has 2 aromatic rings. The van der Waals surface area contributed by atoms with E-state index in [1.165, 1.54) is 22.9 Å². The van der Waals surface area contributed by atoms with Gasteiger partial charge >= 0.3 is 5.97 Å². The van der Waals surface area contributed by atoms with Crippen molar-refractivity contribution in [3.63, 3.8) is 0 Å². The molecule has 1 saturated heterocycles. The molecule has 1 unspecified atom stereocenters. The first-order chi connectivity index (χ1) is 20.5. The Morgan fingerprint density at radius 3 is 2.35 bits per heavy atom. The fourth-order valence-corrected chi connectivity index (χ4v) is 4.53. The number of likely N-dealkylation sites (N-methyl/N-ethyl adjacent to an activating group) is 1. The average molecular weight is 595 g/mol. The number of carbonyl (C=O) groups is 4. The van der Waals surface area contributed by atoms with Gasteiger partial charge in [0.1, 0.15) is 18.3 Å². The van der Waals surface area contributed by atoms with Gasteiger partial charge in [0, 0.05) is 56.2 Å². The standard InChI is InChI=1S/C31H42N6O6/c1-22(2)14-15-32-27(38)21-37-16-6-8-26(31(37)43)34-30(42)25(7-4-5-9-28(39)40)33-29(41)23-10-12-24(13-11-23)36-19-17-35(3)18-20-36/h5-6,8-13,16,22,25H,4,7,14-15,17-21H2,1-3H3,(H,32,38)(H,33,41)(H,34,42)(H,39,40)/b9-5+. The zero-order valence-corrected chi connectivity index (χ0v) is 25.0. The molecule has 0 aliphatic carbocycles. The molecule has 3 amide bonds. The number of aliphatic carboxylic acids is 1. The van der Waals surface area contributed by atoms with Crippen LogP contribution in [0.2, 0.25) is 0 Å². The lowest BCUT2D eigenvalue weighted by Gasteiger charge is -2.34. The molecule has 3 rings (SSSR count). The zero-order chi connectivity index (χ0) is 31.4. The predicted molar refractivity (Wildman–Crippen MR) is 165 cm³/mol. The Morgan fingerprint density at radius 2 is 1.70 bits per heavy atom. The number of carbonyl (C=O) groups excluding carboxylic acids is 3. The summed E-state index contributed by atoms with van der Waals surface area (Å²) in [7, 11) is 2.08. The first-order valence-electron chi connectivity index (χ1n) is 14.5. The number of pyridine rings is 1. The molecule has 1 aromatic carbocycles. The number of nitrogens with one attached hydrogen (secondary N) is 3. The molecule has 232 valence electrons. The van der Waals surface area contributed by atoms with Gasteiger partial charge in [-0.15, -0.1) is 0 Å². The summed E-state index contributed by atoms with van der Waals surface area (Å²) in [5.74, 6) is -2.13. The van der Waals surface area contributed by atoms with Crippen LogP contribution >= 0.6 is 0 Å². The van der Waals surface area contributed by atoms with Crippen LogP contribution in [-0.2, 0) is 20.9 Å². The van der Waals surface area contributed by atoms with Gasteiger partial charge in [-0.3, -0.25) is 19.2 Å². The number of amides is 3. The number of hydrogen-bond donors (Lipinski definition) is 4. The van der Waals surface area contributed by atoms with Gasteiger partial charge < -0.3 is 35.4 Å². The maximum absolute atomic E-state index is 13.3. The lowest BCUT2D eigenvalue weighted by molar-refractivity contribution is -0.131. The maximum atomic E-state index is 13.3. The van der Waals surface area contributed by atoms with Crippen molar-refractivity contribution in [2.75, 3.05) is 50.0 Å². The van der Waals surface area contributed by atoms with Gasteiger partial charge in [-0.25, -0.2) is 4.79 Å². The second kappa shape index (κ2) is 16.3. The van der Waals surface area contributed by atoms with Gasteiger partial charge in [0.05, 0.1) is 0 Å². The van der Waals surface area contributed by atoms with E-state index in [0.29, 0.717) is 18.0 Å². The van der Waals surface area contributed by atoms with Crippen LogP contribution in [0.1, 0.15) is 43.5 Å². The van der Waals surface area contributed by atoms with Crippen molar-refractivity contribution in [3.05, 3.63) is 70.7 Å². The highest BCUT2D eigenvalue weighted by molar-refractivity contribution is 6.01. The molecule has 1 atom stereocenters. The molecule has 43 heavy (non-hydrogen) atoms. The number of carboxylic acids is 1. The van der Waals surface area contributed by atoms with E-state index in [0.717, 1.165) is 44.4 Å².